The predicted octanol–water partition coefficient (Wildman–Crippen LogP) is 2.25. The van der Waals surface area contributed by atoms with Crippen LogP contribution in [0.3, 0.4) is 0 Å². The van der Waals surface area contributed by atoms with Gasteiger partial charge >= 0.3 is 5.69 Å². The number of rotatable bonds is 6. The Morgan fingerprint density at radius 1 is 1.03 bits per heavy atom. The number of aryl methyl sites for hydroxylation is 2. The number of nitrogens with zero attached hydrogens (tertiary/aromatic N) is 5. The Balaban J connectivity index is 1.77. The number of aromatic nitrogens is 4. The Hall–Kier alpha value is -4.14. The number of ether oxygens (including phenoxy) is 1. The molecule has 9 nitrogen and oxygen atoms in total. The van der Waals surface area contributed by atoms with Crippen LogP contribution in [-0.4, -0.2) is 32.0 Å². The van der Waals surface area contributed by atoms with Gasteiger partial charge in [0.2, 0.25) is 5.95 Å². The molecule has 0 aliphatic rings. The van der Waals surface area contributed by atoms with Crippen molar-refractivity contribution in [2.75, 3.05) is 12.5 Å². The Morgan fingerprint density at radius 3 is 2.38 bits per heavy atom. The van der Waals surface area contributed by atoms with Crippen molar-refractivity contribution in [3.05, 3.63) is 86.1 Å². The summed E-state index contributed by atoms with van der Waals surface area (Å²) >= 11 is 0. The number of hydrazone groups is 1. The molecule has 2 heterocycles. The van der Waals surface area contributed by atoms with E-state index in [1.165, 1.54) is 11.6 Å². The number of methoxy groups -OCH3 is 1. The van der Waals surface area contributed by atoms with Crippen molar-refractivity contribution >= 4 is 23.3 Å². The monoisotopic (exact) mass is 432 g/mol. The van der Waals surface area contributed by atoms with Gasteiger partial charge < -0.3 is 4.74 Å². The minimum atomic E-state index is -0.434. The van der Waals surface area contributed by atoms with E-state index in [1.54, 1.807) is 24.9 Å². The fraction of sp³-hybridized carbons (Fsp3) is 0.217. The Bertz CT molecular complexity index is 1410. The summed E-state index contributed by atoms with van der Waals surface area (Å²) in [5.41, 5.74) is 5.72. The van der Waals surface area contributed by atoms with Crippen LogP contribution in [0.1, 0.15) is 16.7 Å². The first-order valence-electron chi connectivity index (χ1n) is 10.0. The lowest BCUT2D eigenvalue weighted by Crippen LogP contribution is -2.37. The van der Waals surface area contributed by atoms with Crippen LogP contribution >= 0.6 is 0 Å². The summed E-state index contributed by atoms with van der Waals surface area (Å²) < 4.78 is 9.35. The topological polar surface area (TPSA) is 95.4 Å². The van der Waals surface area contributed by atoms with Crippen molar-refractivity contribution in [2.24, 2.45) is 19.2 Å². The molecular weight excluding hydrogens is 408 g/mol. The van der Waals surface area contributed by atoms with Gasteiger partial charge in [0, 0.05) is 14.1 Å². The average Bonchev–Trinajstić information content (AvgIpc) is 3.16. The SMILES string of the molecule is COc1ccc(C=NNc2nc3c(c(=O)n(C)c(=O)n3C)n2Cc2ccc(C)cc2)cc1. The number of nitrogens with one attached hydrogen (secondary N) is 1. The molecule has 0 amide bonds. The summed E-state index contributed by atoms with van der Waals surface area (Å²) in [5, 5.41) is 4.29. The summed E-state index contributed by atoms with van der Waals surface area (Å²) in [5.74, 6) is 1.12. The highest BCUT2D eigenvalue weighted by molar-refractivity contribution is 5.80. The molecule has 0 bridgehead atoms. The van der Waals surface area contributed by atoms with Crippen LogP contribution in [-0.2, 0) is 20.6 Å². The van der Waals surface area contributed by atoms with Crippen LogP contribution < -0.4 is 21.4 Å². The fourth-order valence-electron chi connectivity index (χ4n) is 3.42. The highest BCUT2D eigenvalue weighted by Crippen LogP contribution is 2.18. The van der Waals surface area contributed by atoms with Crippen molar-refractivity contribution in [1.82, 2.24) is 18.7 Å². The van der Waals surface area contributed by atoms with Crippen LogP contribution in [0.4, 0.5) is 5.95 Å². The van der Waals surface area contributed by atoms with E-state index in [9.17, 15) is 9.59 Å². The molecule has 0 saturated carbocycles. The maximum Gasteiger partial charge on any atom is 0.332 e. The zero-order valence-corrected chi connectivity index (χ0v) is 18.4. The van der Waals surface area contributed by atoms with Gasteiger partial charge in [-0.2, -0.15) is 10.1 Å². The van der Waals surface area contributed by atoms with E-state index in [0.29, 0.717) is 23.7 Å². The van der Waals surface area contributed by atoms with Crippen LogP contribution in [0.2, 0.25) is 0 Å². The third-order valence-corrected chi connectivity index (χ3v) is 5.30. The average molecular weight is 432 g/mol. The van der Waals surface area contributed by atoms with E-state index in [2.05, 4.69) is 15.5 Å². The van der Waals surface area contributed by atoms with Crippen molar-refractivity contribution in [3.63, 3.8) is 0 Å². The first kappa shape index (κ1) is 21.1. The molecule has 1 N–H and O–H groups in total. The second-order valence-corrected chi connectivity index (χ2v) is 7.53. The van der Waals surface area contributed by atoms with E-state index in [4.69, 9.17) is 4.74 Å². The number of hydrogen-bond donors (Lipinski definition) is 1. The molecule has 0 fully saturated rings. The molecule has 0 spiro atoms. The second-order valence-electron chi connectivity index (χ2n) is 7.53. The Labute approximate surface area is 184 Å². The van der Waals surface area contributed by atoms with Gasteiger partial charge in [0.25, 0.3) is 5.56 Å². The van der Waals surface area contributed by atoms with Crippen LogP contribution in [0.15, 0.2) is 63.2 Å². The lowest BCUT2D eigenvalue weighted by Gasteiger charge is -2.09. The van der Waals surface area contributed by atoms with E-state index in [1.807, 2.05) is 55.5 Å². The molecule has 2 aromatic heterocycles. The molecule has 0 saturated heterocycles. The molecule has 4 rings (SSSR count). The molecular formula is C23H24N6O3. The van der Waals surface area contributed by atoms with Gasteiger partial charge in [0.15, 0.2) is 11.2 Å². The zero-order chi connectivity index (χ0) is 22.8. The van der Waals surface area contributed by atoms with E-state index < -0.39 is 11.2 Å². The van der Waals surface area contributed by atoms with Gasteiger partial charge in [-0.3, -0.25) is 18.5 Å². The van der Waals surface area contributed by atoms with Gasteiger partial charge in [-0.05, 0) is 42.3 Å². The molecule has 0 aliphatic carbocycles. The fourth-order valence-corrected chi connectivity index (χ4v) is 3.42. The van der Waals surface area contributed by atoms with Crippen molar-refractivity contribution in [1.29, 1.82) is 0 Å². The van der Waals surface area contributed by atoms with E-state index in [-0.39, 0.29) is 0 Å². The van der Waals surface area contributed by atoms with E-state index >= 15 is 0 Å². The lowest BCUT2D eigenvalue weighted by molar-refractivity contribution is 0.415. The van der Waals surface area contributed by atoms with E-state index in [0.717, 1.165) is 27.0 Å². The first-order valence-corrected chi connectivity index (χ1v) is 10.0. The third kappa shape index (κ3) is 3.92. The minimum absolute atomic E-state index is 0.298. The maximum atomic E-state index is 12.9. The number of benzene rings is 2. The van der Waals surface area contributed by atoms with Gasteiger partial charge in [-0.15, -0.1) is 0 Å². The smallest absolute Gasteiger partial charge is 0.332 e. The quantitative estimate of drug-likeness (QED) is 0.372. The largest absolute Gasteiger partial charge is 0.497 e. The molecule has 0 unspecified atom stereocenters. The summed E-state index contributed by atoms with van der Waals surface area (Å²) in [6, 6.07) is 15.4. The molecule has 9 heteroatoms. The molecule has 164 valence electrons. The van der Waals surface area contributed by atoms with Crippen molar-refractivity contribution in [2.45, 2.75) is 13.5 Å². The third-order valence-electron chi connectivity index (χ3n) is 5.30. The summed E-state index contributed by atoms with van der Waals surface area (Å²) in [6.45, 7) is 2.41. The molecule has 4 aromatic rings. The molecule has 0 atom stereocenters. The zero-order valence-electron chi connectivity index (χ0n) is 18.4. The molecule has 2 aromatic carbocycles. The Kier molecular flexibility index (Phi) is 5.63. The van der Waals surface area contributed by atoms with Gasteiger partial charge in [-0.1, -0.05) is 29.8 Å². The van der Waals surface area contributed by atoms with Gasteiger partial charge in [0.05, 0.1) is 19.9 Å². The summed E-state index contributed by atoms with van der Waals surface area (Å²) in [4.78, 5) is 29.8. The summed E-state index contributed by atoms with van der Waals surface area (Å²) in [6.07, 6.45) is 1.64. The molecule has 0 radical (unpaired) electrons. The maximum absolute atomic E-state index is 12.9. The number of hydrogen-bond acceptors (Lipinski definition) is 6. The van der Waals surface area contributed by atoms with Crippen molar-refractivity contribution < 1.29 is 4.74 Å². The van der Waals surface area contributed by atoms with Gasteiger partial charge in [0.1, 0.15) is 5.75 Å². The summed E-state index contributed by atoms with van der Waals surface area (Å²) in [7, 11) is 4.67. The van der Waals surface area contributed by atoms with Crippen LogP contribution in [0.25, 0.3) is 11.2 Å². The highest BCUT2D eigenvalue weighted by atomic mass is 16.5. The Morgan fingerprint density at radius 2 is 1.72 bits per heavy atom. The number of imidazole rings is 1. The number of fused-ring (bicyclic) bond motifs is 1. The minimum Gasteiger partial charge on any atom is -0.497 e. The predicted molar refractivity (Wildman–Crippen MR) is 125 cm³/mol. The van der Waals surface area contributed by atoms with Crippen molar-refractivity contribution in [3.8, 4) is 5.75 Å². The highest BCUT2D eigenvalue weighted by Gasteiger charge is 2.19. The normalized spacial score (nSPS) is 11.4. The van der Waals surface area contributed by atoms with Crippen LogP contribution in [0, 0.1) is 6.92 Å². The number of anilines is 1. The van der Waals surface area contributed by atoms with Gasteiger partial charge in [-0.25, -0.2) is 10.2 Å². The molecule has 0 aliphatic heterocycles. The molecule has 32 heavy (non-hydrogen) atoms. The first-order chi connectivity index (χ1) is 15.4. The standard InChI is InChI=1S/C23H24N6O3/c1-15-5-7-17(8-6-15)14-29-19-20(27(2)23(31)28(3)21(19)30)25-22(29)26-24-13-16-9-11-18(32-4)12-10-16/h5-13H,14H2,1-4H3,(H,25,26). The lowest BCUT2D eigenvalue weighted by atomic mass is 10.1. The second kappa shape index (κ2) is 8.54. The van der Waals surface area contributed by atoms with Crippen LogP contribution in [0.5, 0.6) is 5.75 Å².